The van der Waals surface area contributed by atoms with Crippen LogP contribution in [0.4, 0.5) is 0 Å². The fourth-order valence-electron chi connectivity index (χ4n) is 3.25. The Bertz CT molecular complexity index is 1030. The molecule has 8 heteroatoms. The summed E-state index contributed by atoms with van der Waals surface area (Å²) >= 11 is 0. The fourth-order valence-corrected chi connectivity index (χ4v) is 3.25. The van der Waals surface area contributed by atoms with Crippen LogP contribution in [-0.4, -0.2) is 40.5 Å². The van der Waals surface area contributed by atoms with E-state index in [0.717, 1.165) is 5.56 Å². The number of aromatic nitrogens is 1. The Kier molecular flexibility index (Phi) is 3.85. The Morgan fingerprint density at radius 2 is 2.22 bits per heavy atom. The first-order valence-electron chi connectivity index (χ1n) is 8.25. The Morgan fingerprint density at radius 3 is 2.93 bits per heavy atom. The number of nitrogens with two attached hydrogens (primary N) is 1. The number of aliphatic carboxylic acids is 1. The second-order valence-electron chi connectivity index (χ2n) is 6.48. The van der Waals surface area contributed by atoms with Crippen molar-refractivity contribution in [3.63, 3.8) is 0 Å². The first kappa shape index (κ1) is 17.0. The summed E-state index contributed by atoms with van der Waals surface area (Å²) in [5, 5.41) is 10.4. The standard InChI is InChI=1S/C19H17N3O5/c1-26-13-3-2-11-9-22(17(23)14(11)7-13)10-19(20,18(24)25)16-6-12-8-21-5-4-15(12)27-16/h2-8H,9-10,20H2,1H3,(H,24,25)/t19-/m0/s1. The molecule has 4 rings (SSSR count). The lowest BCUT2D eigenvalue weighted by molar-refractivity contribution is -0.145. The van der Waals surface area contributed by atoms with Crippen LogP contribution in [0.3, 0.4) is 0 Å². The number of nitrogens with zero attached hydrogens (tertiary/aromatic N) is 2. The van der Waals surface area contributed by atoms with Gasteiger partial charge in [0, 0.05) is 29.9 Å². The zero-order chi connectivity index (χ0) is 19.2. The molecule has 27 heavy (non-hydrogen) atoms. The van der Waals surface area contributed by atoms with Crippen LogP contribution >= 0.6 is 0 Å². The highest BCUT2D eigenvalue weighted by Gasteiger charge is 2.44. The molecule has 1 aliphatic heterocycles. The van der Waals surface area contributed by atoms with Gasteiger partial charge in [0.1, 0.15) is 17.1 Å². The summed E-state index contributed by atoms with van der Waals surface area (Å²) in [5.41, 5.74) is 6.10. The molecule has 0 saturated carbocycles. The molecule has 3 aromatic rings. The van der Waals surface area contributed by atoms with Gasteiger partial charge in [-0.05, 0) is 29.8 Å². The SMILES string of the molecule is COc1ccc2c(c1)C(=O)N(C[C@@](N)(C(=O)O)c1cc3cnccc3o1)C2. The van der Waals surface area contributed by atoms with Gasteiger partial charge in [-0.15, -0.1) is 0 Å². The smallest absolute Gasteiger partial charge is 0.333 e. The van der Waals surface area contributed by atoms with E-state index >= 15 is 0 Å². The van der Waals surface area contributed by atoms with Crippen molar-refractivity contribution in [2.75, 3.05) is 13.7 Å². The quantitative estimate of drug-likeness (QED) is 0.705. The van der Waals surface area contributed by atoms with E-state index < -0.39 is 11.5 Å². The Labute approximate surface area is 154 Å². The van der Waals surface area contributed by atoms with Crippen molar-refractivity contribution in [3.8, 4) is 5.75 Å². The second kappa shape index (κ2) is 6.10. The van der Waals surface area contributed by atoms with Gasteiger partial charge in [0.25, 0.3) is 5.91 Å². The van der Waals surface area contributed by atoms with Crippen molar-refractivity contribution in [2.45, 2.75) is 12.1 Å². The molecule has 1 aromatic carbocycles. The molecular formula is C19H17N3O5. The summed E-state index contributed by atoms with van der Waals surface area (Å²) in [6.07, 6.45) is 3.11. The van der Waals surface area contributed by atoms with Crippen LogP contribution in [-0.2, 0) is 16.9 Å². The largest absolute Gasteiger partial charge is 0.497 e. The number of benzene rings is 1. The molecule has 0 fully saturated rings. The van der Waals surface area contributed by atoms with Gasteiger partial charge in [-0.1, -0.05) is 6.07 Å². The average Bonchev–Trinajstić information content (AvgIpc) is 3.23. The molecule has 0 unspecified atom stereocenters. The monoisotopic (exact) mass is 367 g/mol. The van der Waals surface area contributed by atoms with Crippen molar-refractivity contribution in [1.82, 2.24) is 9.88 Å². The third-order valence-electron chi connectivity index (χ3n) is 4.77. The minimum Gasteiger partial charge on any atom is -0.497 e. The van der Waals surface area contributed by atoms with E-state index in [2.05, 4.69) is 4.98 Å². The number of carbonyl (C=O) groups excluding carboxylic acids is 1. The van der Waals surface area contributed by atoms with Gasteiger partial charge in [-0.3, -0.25) is 9.78 Å². The van der Waals surface area contributed by atoms with Crippen LogP contribution in [0.5, 0.6) is 5.75 Å². The molecular weight excluding hydrogens is 350 g/mol. The van der Waals surface area contributed by atoms with Crippen molar-refractivity contribution in [2.24, 2.45) is 5.73 Å². The highest BCUT2D eigenvalue weighted by molar-refractivity contribution is 5.99. The number of amides is 1. The number of rotatable bonds is 5. The molecule has 0 aliphatic carbocycles. The minimum atomic E-state index is -1.89. The summed E-state index contributed by atoms with van der Waals surface area (Å²) in [5.74, 6) is -0.945. The van der Waals surface area contributed by atoms with Crippen molar-refractivity contribution in [3.05, 3.63) is 59.6 Å². The molecule has 2 aromatic heterocycles. The predicted octanol–water partition coefficient (Wildman–Crippen LogP) is 1.73. The molecule has 3 heterocycles. The number of carboxylic acid groups (broad SMARTS) is 1. The summed E-state index contributed by atoms with van der Waals surface area (Å²) in [7, 11) is 1.52. The van der Waals surface area contributed by atoms with Gasteiger partial charge in [0.15, 0.2) is 5.54 Å². The number of ether oxygens (including phenoxy) is 1. The summed E-state index contributed by atoms with van der Waals surface area (Å²) in [6.45, 7) is 0.0393. The third-order valence-corrected chi connectivity index (χ3v) is 4.77. The molecule has 138 valence electrons. The van der Waals surface area contributed by atoms with Gasteiger partial charge >= 0.3 is 5.97 Å². The van der Waals surface area contributed by atoms with Gasteiger partial charge in [0.2, 0.25) is 0 Å². The number of pyridine rings is 1. The lowest BCUT2D eigenvalue weighted by Crippen LogP contribution is -2.53. The number of hydrogen-bond donors (Lipinski definition) is 2. The van der Waals surface area contributed by atoms with E-state index in [9.17, 15) is 14.7 Å². The molecule has 0 radical (unpaired) electrons. The van der Waals surface area contributed by atoms with E-state index in [1.807, 2.05) is 0 Å². The van der Waals surface area contributed by atoms with Gasteiger partial charge in [0.05, 0.1) is 13.7 Å². The summed E-state index contributed by atoms with van der Waals surface area (Å²) in [4.78, 5) is 30.2. The van der Waals surface area contributed by atoms with E-state index in [0.29, 0.717) is 22.3 Å². The Hall–Kier alpha value is -3.39. The van der Waals surface area contributed by atoms with Gasteiger partial charge in [-0.2, -0.15) is 0 Å². The Balaban J connectivity index is 1.68. The first-order chi connectivity index (χ1) is 12.9. The maximum Gasteiger partial charge on any atom is 0.333 e. The van der Waals surface area contributed by atoms with E-state index in [1.165, 1.54) is 12.0 Å². The molecule has 3 N–H and O–H groups in total. The number of carbonyl (C=O) groups is 2. The lowest BCUT2D eigenvalue weighted by atomic mass is 9.96. The van der Waals surface area contributed by atoms with Crippen molar-refractivity contribution >= 4 is 22.8 Å². The van der Waals surface area contributed by atoms with E-state index in [-0.39, 0.29) is 24.8 Å². The Morgan fingerprint density at radius 1 is 1.41 bits per heavy atom. The second-order valence-corrected chi connectivity index (χ2v) is 6.48. The highest BCUT2D eigenvalue weighted by Crippen LogP contribution is 2.32. The summed E-state index contributed by atoms with van der Waals surface area (Å²) < 4.78 is 10.8. The maximum atomic E-state index is 12.7. The fraction of sp³-hybridized carbons (Fsp3) is 0.211. The molecule has 8 nitrogen and oxygen atoms in total. The van der Waals surface area contributed by atoms with E-state index in [1.54, 1.807) is 42.7 Å². The van der Waals surface area contributed by atoms with Gasteiger partial charge in [-0.25, -0.2) is 4.79 Å². The maximum absolute atomic E-state index is 12.7. The highest BCUT2D eigenvalue weighted by atomic mass is 16.5. The third kappa shape index (κ3) is 2.70. The van der Waals surface area contributed by atoms with Crippen LogP contribution in [0.15, 0.2) is 47.1 Å². The van der Waals surface area contributed by atoms with E-state index in [4.69, 9.17) is 14.9 Å². The van der Waals surface area contributed by atoms with Crippen LogP contribution in [0.25, 0.3) is 11.0 Å². The van der Waals surface area contributed by atoms with Crippen LogP contribution in [0, 0.1) is 0 Å². The van der Waals surface area contributed by atoms with Crippen molar-refractivity contribution < 1.29 is 23.8 Å². The van der Waals surface area contributed by atoms with Crippen LogP contribution in [0.1, 0.15) is 21.7 Å². The minimum absolute atomic E-state index is 0.0688. The molecule has 0 spiro atoms. The number of hydrogen-bond acceptors (Lipinski definition) is 6. The number of fused-ring (bicyclic) bond motifs is 2. The zero-order valence-corrected chi connectivity index (χ0v) is 14.5. The molecule has 0 bridgehead atoms. The zero-order valence-electron chi connectivity index (χ0n) is 14.5. The van der Waals surface area contributed by atoms with Crippen LogP contribution < -0.4 is 10.5 Å². The molecule has 0 saturated heterocycles. The normalized spacial score (nSPS) is 15.6. The number of methoxy groups -OCH3 is 1. The van der Waals surface area contributed by atoms with Crippen LogP contribution in [0.2, 0.25) is 0 Å². The topological polar surface area (TPSA) is 119 Å². The molecule has 1 aliphatic rings. The number of carboxylic acids is 1. The van der Waals surface area contributed by atoms with Crippen molar-refractivity contribution in [1.29, 1.82) is 0 Å². The number of furan rings is 1. The predicted molar refractivity (Wildman–Crippen MR) is 95.2 cm³/mol. The van der Waals surface area contributed by atoms with Gasteiger partial charge < -0.3 is 24.9 Å². The first-order valence-corrected chi connectivity index (χ1v) is 8.25. The molecule has 1 amide bonds. The summed E-state index contributed by atoms with van der Waals surface area (Å²) in [6, 6.07) is 8.37. The lowest BCUT2D eigenvalue weighted by Gasteiger charge is -2.28. The molecule has 1 atom stereocenters. The average molecular weight is 367 g/mol.